The summed E-state index contributed by atoms with van der Waals surface area (Å²) in [5, 5.41) is 8.89. The van der Waals surface area contributed by atoms with Crippen molar-refractivity contribution in [1.29, 1.82) is 0 Å². The maximum absolute atomic E-state index is 8.89. The van der Waals surface area contributed by atoms with Gasteiger partial charge in [0.05, 0.1) is 26.2 Å². The molecule has 0 saturated carbocycles. The van der Waals surface area contributed by atoms with Crippen molar-refractivity contribution >= 4 is 5.97 Å². The Kier molecular flexibility index (Phi) is 10.0. The minimum absolute atomic E-state index is 0.972. The molecule has 1 aliphatic rings. The molecule has 0 aliphatic carbocycles. The fourth-order valence-corrected chi connectivity index (χ4v) is 2.73. The molecule has 18 heavy (non-hydrogen) atoms. The molecule has 1 heterocycles. The van der Waals surface area contributed by atoms with Crippen molar-refractivity contribution in [3.63, 3.8) is 0 Å². The van der Waals surface area contributed by atoms with Gasteiger partial charge in [-0.05, 0) is 39.0 Å². The van der Waals surface area contributed by atoms with Crippen LogP contribution in [0.5, 0.6) is 0 Å². The first-order valence-electron chi connectivity index (χ1n) is 7.59. The van der Waals surface area contributed by atoms with E-state index < -0.39 is 5.97 Å². The molecule has 0 aromatic heterocycles. The third-order valence-electron chi connectivity index (χ3n) is 3.74. The number of hydrogen-bond donors (Lipinski definition) is 0. The van der Waals surface area contributed by atoms with Gasteiger partial charge in [-0.1, -0.05) is 26.7 Å². The van der Waals surface area contributed by atoms with Crippen LogP contribution in [0.2, 0.25) is 0 Å². The summed E-state index contributed by atoms with van der Waals surface area (Å²) < 4.78 is 1.46. The molecular formula is C15H31NO2. The molecule has 0 aromatic rings. The normalized spacial score (nSPS) is 17.7. The van der Waals surface area contributed by atoms with E-state index in [9.17, 15) is 0 Å². The van der Waals surface area contributed by atoms with Gasteiger partial charge in [0.2, 0.25) is 0 Å². The van der Waals surface area contributed by atoms with E-state index in [1.165, 1.54) is 75.6 Å². The summed E-state index contributed by atoms with van der Waals surface area (Å²) in [5.74, 6) is -1.08. The smallest absolute Gasteiger partial charge is 0.0786 e. The number of hydrogen-bond acceptors (Lipinski definition) is 2. The number of nitrogens with zero attached hydrogens (tertiary/aromatic N) is 1. The standard InChI is InChI=1S/C13H28N.C2H4O2/c1-3-5-10-14(11-6-4-2)12-8-7-9-13-14;1-2(3)4/h3-13H2,1-2H3;1H3,(H,3,4)/q+1;/p-1. The lowest BCUT2D eigenvalue weighted by Crippen LogP contribution is -2.52. The highest BCUT2D eigenvalue weighted by molar-refractivity contribution is 5.60. The van der Waals surface area contributed by atoms with Crippen molar-refractivity contribution in [3.05, 3.63) is 0 Å². The average Bonchev–Trinajstić information content (AvgIpc) is 2.35. The minimum Gasteiger partial charge on any atom is -0.550 e. The molecule has 0 aromatic carbocycles. The van der Waals surface area contributed by atoms with Gasteiger partial charge in [-0.25, -0.2) is 0 Å². The third-order valence-corrected chi connectivity index (χ3v) is 3.74. The maximum Gasteiger partial charge on any atom is 0.0786 e. The van der Waals surface area contributed by atoms with E-state index in [0.29, 0.717) is 0 Å². The molecule has 0 spiro atoms. The van der Waals surface area contributed by atoms with Crippen LogP contribution in [0.4, 0.5) is 0 Å². The van der Waals surface area contributed by atoms with E-state index in [1.807, 2.05) is 0 Å². The highest BCUT2D eigenvalue weighted by Crippen LogP contribution is 2.21. The molecule has 1 rings (SSSR count). The molecule has 1 fully saturated rings. The lowest BCUT2D eigenvalue weighted by molar-refractivity contribution is -0.932. The molecule has 0 N–H and O–H groups in total. The van der Waals surface area contributed by atoms with E-state index in [0.717, 1.165) is 6.92 Å². The van der Waals surface area contributed by atoms with Crippen LogP contribution in [0.15, 0.2) is 0 Å². The van der Waals surface area contributed by atoms with Crippen LogP contribution in [-0.2, 0) is 4.79 Å². The predicted molar refractivity (Wildman–Crippen MR) is 74.1 cm³/mol. The number of aliphatic carboxylic acids is 1. The topological polar surface area (TPSA) is 40.1 Å². The first kappa shape index (κ1) is 17.4. The molecule has 3 heteroatoms. The molecule has 0 unspecified atom stereocenters. The van der Waals surface area contributed by atoms with Crippen molar-refractivity contribution < 1.29 is 14.4 Å². The van der Waals surface area contributed by atoms with Crippen LogP contribution in [0, 0.1) is 0 Å². The molecule has 3 nitrogen and oxygen atoms in total. The summed E-state index contributed by atoms with van der Waals surface area (Å²) in [6.45, 7) is 11.5. The summed E-state index contributed by atoms with van der Waals surface area (Å²) >= 11 is 0. The number of likely N-dealkylation sites (tertiary alicyclic amines) is 1. The lowest BCUT2D eigenvalue weighted by atomic mass is 10.1. The molecular weight excluding hydrogens is 226 g/mol. The predicted octanol–water partition coefficient (Wildman–Crippen LogP) is 2.34. The number of piperidine rings is 1. The Hall–Kier alpha value is -0.570. The second-order valence-electron chi connectivity index (χ2n) is 5.50. The molecule has 0 radical (unpaired) electrons. The zero-order valence-electron chi connectivity index (χ0n) is 12.5. The molecule has 0 bridgehead atoms. The van der Waals surface area contributed by atoms with E-state index in [-0.39, 0.29) is 0 Å². The Morgan fingerprint density at radius 1 is 1.00 bits per heavy atom. The minimum atomic E-state index is -1.08. The van der Waals surface area contributed by atoms with Crippen LogP contribution in [0.3, 0.4) is 0 Å². The second-order valence-corrected chi connectivity index (χ2v) is 5.50. The first-order chi connectivity index (χ1) is 8.56. The van der Waals surface area contributed by atoms with Crippen molar-refractivity contribution in [2.24, 2.45) is 0 Å². The number of carboxylic acids is 1. The lowest BCUT2D eigenvalue weighted by Gasteiger charge is -2.41. The Morgan fingerprint density at radius 2 is 1.39 bits per heavy atom. The van der Waals surface area contributed by atoms with Crippen molar-refractivity contribution in [2.75, 3.05) is 26.2 Å². The Morgan fingerprint density at radius 3 is 1.72 bits per heavy atom. The maximum atomic E-state index is 8.89. The van der Waals surface area contributed by atoms with Crippen LogP contribution in [0.25, 0.3) is 0 Å². The van der Waals surface area contributed by atoms with Gasteiger partial charge in [-0.3, -0.25) is 0 Å². The first-order valence-corrected chi connectivity index (χ1v) is 7.59. The monoisotopic (exact) mass is 257 g/mol. The SMILES string of the molecule is CC(=O)[O-].CCCC[N+]1(CCCC)CCCCC1. The van der Waals surface area contributed by atoms with Crippen LogP contribution in [0.1, 0.15) is 65.7 Å². The zero-order chi connectivity index (χ0) is 13.9. The summed E-state index contributed by atoms with van der Waals surface area (Å²) in [6, 6.07) is 0. The van der Waals surface area contributed by atoms with Gasteiger partial charge in [0.1, 0.15) is 0 Å². The number of carboxylic acid groups (broad SMARTS) is 1. The van der Waals surface area contributed by atoms with E-state index in [1.54, 1.807) is 0 Å². The average molecular weight is 257 g/mol. The molecule has 0 amide bonds. The van der Waals surface area contributed by atoms with Crippen LogP contribution in [-0.4, -0.2) is 36.6 Å². The number of carbonyl (C=O) groups is 1. The number of carbonyl (C=O) groups excluding carboxylic acids is 1. The number of quaternary nitrogens is 1. The van der Waals surface area contributed by atoms with Gasteiger partial charge in [-0.2, -0.15) is 0 Å². The largest absolute Gasteiger partial charge is 0.550 e. The Bertz CT molecular complexity index is 197. The van der Waals surface area contributed by atoms with Crippen molar-refractivity contribution in [2.45, 2.75) is 65.7 Å². The van der Waals surface area contributed by atoms with E-state index >= 15 is 0 Å². The highest BCUT2D eigenvalue weighted by atomic mass is 16.4. The van der Waals surface area contributed by atoms with Crippen molar-refractivity contribution in [1.82, 2.24) is 0 Å². The summed E-state index contributed by atoms with van der Waals surface area (Å²) in [6.07, 6.45) is 10.0. The molecule has 0 atom stereocenters. The highest BCUT2D eigenvalue weighted by Gasteiger charge is 2.28. The summed E-state index contributed by atoms with van der Waals surface area (Å²) in [4.78, 5) is 8.89. The molecule has 1 saturated heterocycles. The van der Waals surface area contributed by atoms with Gasteiger partial charge in [0, 0.05) is 5.97 Å². The fourth-order valence-electron chi connectivity index (χ4n) is 2.73. The van der Waals surface area contributed by atoms with Gasteiger partial charge in [0.15, 0.2) is 0 Å². The van der Waals surface area contributed by atoms with E-state index in [4.69, 9.17) is 9.90 Å². The van der Waals surface area contributed by atoms with E-state index in [2.05, 4.69) is 13.8 Å². The van der Waals surface area contributed by atoms with Gasteiger partial charge in [0.25, 0.3) is 0 Å². The molecule has 1 aliphatic heterocycles. The number of rotatable bonds is 6. The zero-order valence-corrected chi connectivity index (χ0v) is 12.5. The van der Waals surface area contributed by atoms with Crippen LogP contribution >= 0.6 is 0 Å². The van der Waals surface area contributed by atoms with Crippen LogP contribution < -0.4 is 5.11 Å². The fraction of sp³-hybridized carbons (Fsp3) is 0.933. The number of unbranched alkanes of at least 4 members (excludes halogenated alkanes) is 2. The van der Waals surface area contributed by atoms with Crippen molar-refractivity contribution in [3.8, 4) is 0 Å². The van der Waals surface area contributed by atoms with Gasteiger partial charge in [-0.15, -0.1) is 0 Å². The third kappa shape index (κ3) is 8.51. The Balaban J connectivity index is 0.000000631. The summed E-state index contributed by atoms with van der Waals surface area (Å²) in [7, 11) is 0. The second kappa shape index (κ2) is 10.4. The Labute approximate surface area is 113 Å². The molecule has 108 valence electrons. The summed E-state index contributed by atoms with van der Waals surface area (Å²) in [5.41, 5.74) is 0. The quantitative estimate of drug-likeness (QED) is 0.685. The van der Waals surface area contributed by atoms with Gasteiger partial charge < -0.3 is 14.4 Å². The van der Waals surface area contributed by atoms with Gasteiger partial charge >= 0.3 is 0 Å².